The average Bonchev–Trinajstić information content (AvgIpc) is 2.74. The van der Waals surface area contributed by atoms with Crippen LogP contribution >= 0.6 is 27.3 Å². The van der Waals surface area contributed by atoms with Crippen LogP contribution in [0.15, 0.2) is 15.9 Å². The molecular weight excluding hydrogens is 310 g/mol. The van der Waals surface area contributed by atoms with Crippen LogP contribution in [0.2, 0.25) is 0 Å². The molecule has 0 aliphatic rings. The SMILES string of the molecule is CCCCCCCC(=O)N(C)Cc1cc(Br)cs1. The fourth-order valence-corrected chi connectivity index (χ4v) is 3.33. The number of amides is 1. The van der Waals surface area contributed by atoms with E-state index in [2.05, 4.69) is 34.3 Å². The van der Waals surface area contributed by atoms with Crippen LogP contribution in [-0.4, -0.2) is 17.9 Å². The van der Waals surface area contributed by atoms with Crippen LogP contribution in [0.25, 0.3) is 0 Å². The molecule has 102 valence electrons. The summed E-state index contributed by atoms with van der Waals surface area (Å²) in [6, 6.07) is 2.08. The van der Waals surface area contributed by atoms with E-state index < -0.39 is 0 Å². The highest BCUT2D eigenvalue weighted by molar-refractivity contribution is 9.10. The predicted molar refractivity (Wildman–Crippen MR) is 81.9 cm³/mol. The minimum Gasteiger partial charge on any atom is -0.341 e. The summed E-state index contributed by atoms with van der Waals surface area (Å²) in [7, 11) is 1.89. The number of nitrogens with zero attached hydrogens (tertiary/aromatic N) is 1. The molecule has 0 N–H and O–H groups in total. The highest BCUT2D eigenvalue weighted by atomic mass is 79.9. The monoisotopic (exact) mass is 331 g/mol. The lowest BCUT2D eigenvalue weighted by Crippen LogP contribution is -2.25. The van der Waals surface area contributed by atoms with Crippen LogP contribution in [0.3, 0.4) is 0 Å². The Hall–Kier alpha value is -0.350. The highest BCUT2D eigenvalue weighted by Crippen LogP contribution is 2.21. The van der Waals surface area contributed by atoms with Gasteiger partial charge in [0.05, 0.1) is 6.54 Å². The van der Waals surface area contributed by atoms with Crippen LogP contribution in [0, 0.1) is 0 Å². The molecule has 0 aromatic carbocycles. The summed E-state index contributed by atoms with van der Waals surface area (Å²) in [5.41, 5.74) is 0. The third-order valence-corrected chi connectivity index (χ3v) is 4.62. The van der Waals surface area contributed by atoms with Gasteiger partial charge in [0.15, 0.2) is 0 Å². The Morgan fingerprint density at radius 3 is 2.67 bits per heavy atom. The summed E-state index contributed by atoms with van der Waals surface area (Å²) in [6.07, 6.45) is 6.68. The normalized spacial score (nSPS) is 10.6. The van der Waals surface area contributed by atoms with E-state index in [0.29, 0.717) is 6.42 Å². The Balaban J connectivity index is 2.20. The maximum atomic E-state index is 11.9. The van der Waals surface area contributed by atoms with Gasteiger partial charge < -0.3 is 4.90 Å². The van der Waals surface area contributed by atoms with Crippen molar-refractivity contribution in [1.29, 1.82) is 0 Å². The highest BCUT2D eigenvalue weighted by Gasteiger charge is 2.09. The molecule has 0 saturated carbocycles. The van der Waals surface area contributed by atoms with Gasteiger partial charge in [-0.2, -0.15) is 0 Å². The van der Waals surface area contributed by atoms with Gasteiger partial charge in [0.1, 0.15) is 0 Å². The first-order chi connectivity index (χ1) is 8.63. The van der Waals surface area contributed by atoms with E-state index >= 15 is 0 Å². The number of carbonyl (C=O) groups excluding carboxylic acids is 1. The van der Waals surface area contributed by atoms with E-state index in [1.165, 1.54) is 30.6 Å². The van der Waals surface area contributed by atoms with Crippen molar-refractivity contribution < 1.29 is 4.79 Å². The molecule has 0 aliphatic heterocycles. The Morgan fingerprint density at radius 1 is 1.33 bits per heavy atom. The molecule has 1 heterocycles. The van der Waals surface area contributed by atoms with Crippen molar-refractivity contribution in [2.45, 2.75) is 52.0 Å². The Morgan fingerprint density at radius 2 is 2.06 bits per heavy atom. The fourth-order valence-electron chi connectivity index (χ4n) is 1.83. The molecule has 0 radical (unpaired) electrons. The molecule has 0 saturated heterocycles. The van der Waals surface area contributed by atoms with Gasteiger partial charge in [-0.25, -0.2) is 0 Å². The van der Waals surface area contributed by atoms with Crippen LogP contribution in [0.5, 0.6) is 0 Å². The molecule has 1 rings (SSSR count). The van der Waals surface area contributed by atoms with Gasteiger partial charge in [0, 0.05) is 28.2 Å². The van der Waals surface area contributed by atoms with Crippen LogP contribution < -0.4 is 0 Å². The molecule has 18 heavy (non-hydrogen) atoms. The van der Waals surface area contributed by atoms with Gasteiger partial charge in [0.2, 0.25) is 5.91 Å². The van der Waals surface area contributed by atoms with E-state index in [0.717, 1.165) is 17.4 Å². The molecule has 0 fully saturated rings. The minimum absolute atomic E-state index is 0.260. The standard InChI is InChI=1S/C14H22BrNOS/c1-3-4-5-6-7-8-14(17)16(2)10-13-9-12(15)11-18-13/h9,11H,3-8,10H2,1-2H3. The minimum atomic E-state index is 0.260. The van der Waals surface area contributed by atoms with E-state index in [1.54, 1.807) is 11.3 Å². The van der Waals surface area contributed by atoms with Crippen molar-refractivity contribution in [1.82, 2.24) is 4.90 Å². The first-order valence-corrected chi connectivity index (χ1v) is 8.27. The summed E-state index contributed by atoms with van der Waals surface area (Å²) in [6.45, 7) is 2.93. The molecule has 1 amide bonds. The molecule has 0 atom stereocenters. The maximum Gasteiger partial charge on any atom is 0.222 e. The second kappa shape index (κ2) is 8.70. The number of hydrogen-bond acceptors (Lipinski definition) is 2. The molecule has 0 spiro atoms. The van der Waals surface area contributed by atoms with Gasteiger partial charge in [-0.05, 0) is 28.4 Å². The third-order valence-electron chi connectivity index (χ3n) is 2.93. The third kappa shape index (κ3) is 6.01. The smallest absolute Gasteiger partial charge is 0.222 e. The summed E-state index contributed by atoms with van der Waals surface area (Å²) < 4.78 is 1.10. The largest absolute Gasteiger partial charge is 0.341 e. The molecule has 1 aromatic rings. The Bertz CT molecular complexity index is 364. The molecule has 2 nitrogen and oxygen atoms in total. The lowest BCUT2D eigenvalue weighted by atomic mass is 10.1. The molecular formula is C14H22BrNOS. The van der Waals surface area contributed by atoms with E-state index in [-0.39, 0.29) is 5.91 Å². The molecule has 0 aliphatic carbocycles. The van der Waals surface area contributed by atoms with Crippen LogP contribution in [0.4, 0.5) is 0 Å². The second-order valence-corrected chi connectivity index (χ2v) is 6.56. The lowest BCUT2D eigenvalue weighted by molar-refractivity contribution is -0.130. The van der Waals surface area contributed by atoms with E-state index in [4.69, 9.17) is 0 Å². The van der Waals surface area contributed by atoms with Crippen LogP contribution in [0.1, 0.15) is 50.3 Å². The first kappa shape index (κ1) is 15.7. The van der Waals surface area contributed by atoms with Crippen molar-refractivity contribution in [3.8, 4) is 0 Å². The van der Waals surface area contributed by atoms with Crippen LogP contribution in [-0.2, 0) is 11.3 Å². The maximum absolute atomic E-state index is 11.9. The quantitative estimate of drug-likeness (QED) is 0.625. The van der Waals surface area contributed by atoms with Gasteiger partial charge in [-0.15, -0.1) is 11.3 Å². The summed E-state index contributed by atoms with van der Waals surface area (Å²) >= 11 is 5.12. The number of halogens is 1. The van der Waals surface area contributed by atoms with Gasteiger partial charge in [-0.3, -0.25) is 4.79 Å². The topological polar surface area (TPSA) is 20.3 Å². The number of thiophene rings is 1. The predicted octanol–water partition coefficient (Wildman–Crippen LogP) is 4.83. The average molecular weight is 332 g/mol. The van der Waals surface area contributed by atoms with Gasteiger partial charge in [0.25, 0.3) is 0 Å². The molecule has 4 heteroatoms. The van der Waals surface area contributed by atoms with Gasteiger partial charge >= 0.3 is 0 Å². The van der Waals surface area contributed by atoms with Crippen molar-refractivity contribution in [3.05, 3.63) is 20.8 Å². The van der Waals surface area contributed by atoms with E-state index in [1.807, 2.05) is 11.9 Å². The summed E-state index contributed by atoms with van der Waals surface area (Å²) in [5.74, 6) is 0.260. The van der Waals surface area contributed by atoms with Crippen molar-refractivity contribution in [2.75, 3.05) is 7.05 Å². The second-order valence-electron chi connectivity index (χ2n) is 4.65. The number of carbonyl (C=O) groups is 1. The fraction of sp³-hybridized carbons (Fsp3) is 0.643. The van der Waals surface area contributed by atoms with Crippen molar-refractivity contribution in [3.63, 3.8) is 0 Å². The number of unbranched alkanes of at least 4 members (excludes halogenated alkanes) is 4. The Kier molecular flexibility index (Phi) is 7.59. The molecule has 0 bridgehead atoms. The summed E-state index contributed by atoms with van der Waals surface area (Å²) in [5, 5.41) is 2.05. The zero-order valence-corrected chi connectivity index (χ0v) is 13.6. The number of rotatable bonds is 8. The molecule has 1 aromatic heterocycles. The Labute approximate surface area is 123 Å². The van der Waals surface area contributed by atoms with E-state index in [9.17, 15) is 4.79 Å². The van der Waals surface area contributed by atoms with Crippen molar-refractivity contribution in [2.24, 2.45) is 0 Å². The first-order valence-electron chi connectivity index (χ1n) is 6.60. The zero-order valence-electron chi connectivity index (χ0n) is 11.2. The zero-order chi connectivity index (χ0) is 13.4. The number of hydrogen-bond donors (Lipinski definition) is 0. The van der Waals surface area contributed by atoms with Gasteiger partial charge in [-0.1, -0.05) is 32.6 Å². The summed E-state index contributed by atoms with van der Waals surface area (Å²) in [4.78, 5) is 15.0. The van der Waals surface area contributed by atoms with Crippen molar-refractivity contribution >= 4 is 33.2 Å². The molecule has 0 unspecified atom stereocenters. The lowest BCUT2D eigenvalue weighted by Gasteiger charge is -2.16.